The summed E-state index contributed by atoms with van der Waals surface area (Å²) < 4.78 is 5.61. The lowest BCUT2D eigenvalue weighted by atomic mass is 10.3. The van der Waals surface area contributed by atoms with Crippen LogP contribution in [-0.2, 0) is 4.74 Å². The van der Waals surface area contributed by atoms with E-state index in [0.717, 1.165) is 42.6 Å². The smallest absolute Gasteiger partial charge is 0.0715 e. The first-order chi connectivity index (χ1) is 10.1. The molecule has 0 unspecified atom stereocenters. The first-order valence-electron chi connectivity index (χ1n) is 7.63. The molecule has 0 amide bonds. The molecule has 4 nitrogen and oxygen atoms in total. The number of likely N-dealkylation sites (N-methyl/N-ethyl adjacent to an activating group) is 1. The average molecular weight is 314 g/mol. The zero-order valence-corrected chi connectivity index (χ0v) is 14.8. The van der Waals surface area contributed by atoms with Gasteiger partial charge in [-0.2, -0.15) is 0 Å². The third-order valence-corrected chi connectivity index (χ3v) is 4.01. The summed E-state index contributed by atoms with van der Waals surface area (Å²) in [7, 11) is 0. The number of thioether (sulfide) groups is 1. The molecule has 0 radical (unpaired) electrons. The van der Waals surface area contributed by atoms with E-state index >= 15 is 0 Å². The Kier molecular flexibility index (Phi) is 12.7. The number of ether oxygens (including phenoxy) is 1. The second kappa shape index (κ2) is 13.1. The molecule has 21 heavy (non-hydrogen) atoms. The van der Waals surface area contributed by atoms with Crippen LogP contribution in [0.4, 0.5) is 0 Å². The summed E-state index contributed by atoms with van der Waals surface area (Å²) in [5.41, 5.74) is 6.59. The van der Waals surface area contributed by atoms with Gasteiger partial charge in [0.25, 0.3) is 0 Å². The maximum atomic E-state index is 5.66. The van der Waals surface area contributed by atoms with Gasteiger partial charge in [-0.05, 0) is 33.5 Å². The van der Waals surface area contributed by atoms with Crippen LogP contribution in [-0.4, -0.2) is 49.8 Å². The molecule has 5 heteroatoms. The Morgan fingerprint density at radius 1 is 1.38 bits per heavy atom. The van der Waals surface area contributed by atoms with E-state index in [4.69, 9.17) is 10.5 Å². The highest BCUT2D eigenvalue weighted by Gasteiger charge is 2.08. The van der Waals surface area contributed by atoms with Crippen molar-refractivity contribution in [3.8, 4) is 0 Å². The first kappa shape index (κ1) is 20.4. The van der Waals surface area contributed by atoms with Crippen molar-refractivity contribution in [2.45, 2.75) is 40.2 Å². The molecule has 0 aromatic carbocycles. The third kappa shape index (κ3) is 9.85. The van der Waals surface area contributed by atoms with Gasteiger partial charge in [0.05, 0.1) is 18.4 Å². The summed E-state index contributed by atoms with van der Waals surface area (Å²) >= 11 is 1.76. The van der Waals surface area contributed by atoms with Crippen LogP contribution in [0.15, 0.2) is 27.7 Å². The van der Waals surface area contributed by atoms with Crippen molar-refractivity contribution in [2.75, 3.05) is 32.1 Å². The van der Waals surface area contributed by atoms with E-state index in [0.29, 0.717) is 6.54 Å². The molecule has 0 rings (SSSR count). The van der Waals surface area contributed by atoms with Crippen molar-refractivity contribution in [3.05, 3.63) is 22.8 Å². The highest BCUT2D eigenvalue weighted by atomic mass is 32.2. The number of hydrogen-bond donors (Lipinski definition) is 1. The summed E-state index contributed by atoms with van der Waals surface area (Å²) in [5, 5.41) is 0. The zero-order valence-electron chi connectivity index (χ0n) is 14.0. The minimum absolute atomic E-state index is 0.285. The van der Waals surface area contributed by atoms with E-state index in [1.807, 2.05) is 6.08 Å². The fraction of sp³-hybridized carbons (Fsp3) is 0.688. The van der Waals surface area contributed by atoms with Gasteiger partial charge in [-0.15, -0.1) is 11.8 Å². The number of rotatable bonds is 12. The van der Waals surface area contributed by atoms with Gasteiger partial charge in [0, 0.05) is 23.9 Å². The van der Waals surface area contributed by atoms with Gasteiger partial charge in [0.1, 0.15) is 0 Å². The van der Waals surface area contributed by atoms with Crippen LogP contribution in [0.3, 0.4) is 0 Å². The molecule has 0 aliphatic heterocycles. The first-order valence-corrected chi connectivity index (χ1v) is 8.61. The van der Waals surface area contributed by atoms with Crippen LogP contribution in [0, 0.1) is 0 Å². The topological polar surface area (TPSA) is 50.8 Å². The van der Waals surface area contributed by atoms with Gasteiger partial charge in [-0.25, -0.2) is 0 Å². The van der Waals surface area contributed by atoms with Crippen molar-refractivity contribution in [1.29, 1.82) is 0 Å². The second-order valence-electron chi connectivity index (χ2n) is 4.86. The molecule has 0 saturated carbocycles. The van der Waals surface area contributed by atoms with Crippen LogP contribution in [0.2, 0.25) is 0 Å². The largest absolute Gasteiger partial charge is 0.377 e. The Bertz CT molecular complexity index is 340. The van der Waals surface area contributed by atoms with Crippen molar-refractivity contribution >= 4 is 18.5 Å². The fourth-order valence-corrected chi connectivity index (χ4v) is 2.82. The van der Waals surface area contributed by atoms with Crippen LogP contribution in [0.1, 0.15) is 34.1 Å². The SMILES string of the molecule is C=NC(=C/CC)/C(=C\CN)SCN(CC)CCOC(C)C. The second-order valence-corrected chi connectivity index (χ2v) is 5.85. The van der Waals surface area contributed by atoms with Gasteiger partial charge in [-0.1, -0.05) is 26.0 Å². The van der Waals surface area contributed by atoms with Gasteiger partial charge in [0.2, 0.25) is 0 Å². The maximum Gasteiger partial charge on any atom is 0.0715 e. The van der Waals surface area contributed by atoms with Crippen molar-refractivity contribution in [1.82, 2.24) is 4.90 Å². The van der Waals surface area contributed by atoms with E-state index in [9.17, 15) is 0 Å². The number of allylic oxidation sites excluding steroid dienone is 1. The molecule has 0 atom stereocenters. The van der Waals surface area contributed by atoms with E-state index in [2.05, 4.69) is 50.4 Å². The third-order valence-electron chi connectivity index (χ3n) is 2.83. The van der Waals surface area contributed by atoms with E-state index in [-0.39, 0.29) is 6.10 Å². The highest BCUT2D eigenvalue weighted by molar-refractivity contribution is 8.03. The van der Waals surface area contributed by atoms with Crippen LogP contribution < -0.4 is 5.73 Å². The van der Waals surface area contributed by atoms with Gasteiger partial charge < -0.3 is 10.5 Å². The maximum absolute atomic E-state index is 5.66. The lowest BCUT2D eigenvalue weighted by molar-refractivity contribution is 0.0637. The van der Waals surface area contributed by atoms with E-state index in [1.54, 1.807) is 11.8 Å². The van der Waals surface area contributed by atoms with E-state index in [1.165, 1.54) is 0 Å². The van der Waals surface area contributed by atoms with Gasteiger partial charge in [0.15, 0.2) is 0 Å². The predicted octanol–water partition coefficient (Wildman–Crippen LogP) is 3.26. The summed E-state index contributed by atoms with van der Waals surface area (Å²) in [5.74, 6) is 0.903. The van der Waals surface area contributed by atoms with Gasteiger partial charge in [-0.3, -0.25) is 9.89 Å². The number of aliphatic imine (C=N–C) groups is 1. The van der Waals surface area contributed by atoms with Crippen molar-refractivity contribution in [3.63, 3.8) is 0 Å². The Hall–Kier alpha value is -0.620. The van der Waals surface area contributed by atoms with Crippen molar-refractivity contribution < 1.29 is 4.74 Å². The molecule has 0 fully saturated rings. The lowest BCUT2D eigenvalue weighted by Gasteiger charge is -2.21. The molecule has 0 saturated heterocycles. The quantitative estimate of drug-likeness (QED) is 0.341. The summed E-state index contributed by atoms with van der Waals surface area (Å²) in [4.78, 5) is 7.57. The molecule has 2 N–H and O–H groups in total. The lowest BCUT2D eigenvalue weighted by Crippen LogP contribution is -2.28. The van der Waals surface area contributed by atoms with Gasteiger partial charge >= 0.3 is 0 Å². The molecule has 0 aromatic heterocycles. The molecule has 0 aromatic rings. The monoisotopic (exact) mass is 313 g/mol. The Morgan fingerprint density at radius 2 is 2.10 bits per heavy atom. The minimum atomic E-state index is 0.285. The minimum Gasteiger partial charge on any atom is -0.377 e. The molecule has 0 spiro atoms. The summed E-state index contributed by atoms with van der Waals surface area (Å²) in [6, 6.07) is 0. The van der Waals surface area contributed by atoms with Crippen LogP contribution >= 0.6 is 11.8 Å². The number of hydrogen-bond acceptors (Lipinski definition) is 5. The molecule has 0 aliphatic rings. The average Bonchev–Trinajstić information content (AvgIpc) is 2.46. The van der Waals surface area contributed by atoms with Crippen LogP contribution in [0.5, 0.6) is 0 Å². The fourth-order valence-electron chi connectivity index (χ4n) is 1.67. The van der Waals surface area contributed by atoms with Crippen LogP contribution in [0.25, 0.3) is 0 Å². The molecular formula is C16H31N3OS. The molecule has 0 aliphatic carbocycles. The Labute approximate surface area is 134 Å². The normalized spacial score (nSPS) is 13.3. The number of nitrogens with zero attached hydrogens (tertiary/aromatic N) is 2. The van der Waals surface area contributed by atoms with Crippen molar-refractivity contribution in [2.24, 2.45) is 10.7 Å². The highest BCUT2D eigenvalue weighted by Crippen LogP contribution is 2.25. The zero-order chi connectivity index (χ0) is 16.1. The molecule has 122 valence electrons. The van der Waals surface area contributed by atoms with E-state index < -0.39 is 0 Å². The Balaban J connectivity index is 4.48. The standard InChI is InChI=1S/C16H31N3OS/c1-6-8-15(18-5)16(9-10-17)21-13-19(7-2)11-12-20-14(3)4/h8-9,14H,5-7,10-13,17H2,1-4H3/b15-8+,16-9+. The Morgan fingerprint density at radius 3 is 2.57 bits per heavy atom. The predicted molar refractivity (Wildman–Crippen MR) is 95.9 cm³/mol. The molecular weight excluding hydrogens is 282 g/mol. The molecule has 0 heterocycles. The molecule has 0 bridgehead atoms. The summed E-state index contributed by atoms with van der Waals surface area (Å²) in [6.45, 7) is 15.2. The number of nitrogens with two attached hydrogens (primary N) is 1. The summed E-state index contributed by atoms with van der Waals surface area (Å²) in [6.07, 6.45) is 5.32.